The molecule has 1 N–H and O–H groups in total. The Morgan fingerprint density at radius 2 is 2.06 bits per heavy atom. The minimum Gasteiger partial charge on any atom is -0.316 e. The van der Waals surface area contributed by atoms with Gasteiger partial charge in [0.1, 0.15) is 5.82 Å². The summed E-state index contributed by atoms with van der Waals surface area (Å²) in [6.07, 6.45) is 1.06. The average Bonchev–Trinajstić information content (AvgIpc) is 2.89. The third kappa shape index (κ3) is 4.44. The highest BCUT2D eigenvalue weighted by Crippen LogP contribution is 2.20. The Bertz CT molecular complexity index is 457. The Kier molecular flexibility index (Phi) is 5.71. The van der Waals surface area contributed by atoms with E-state index in [9.17, 15) is 4.39 Å². The largest absolute Gasteiger partial charge is 0.316 e. The summed E-state index contributed by atoms with van der Waals surface area (Å²) < 4.78 is 13.3. The van der Waals surface area contributed by atoms with Crippen molar-refractivity contribution in [1.82, 2.24) is 5.32 Å². The van der Waals surface area contributed by atoms with Crippen LogP contribution in [0.25, 0.3) is 0 Å². The van der Waals surface area contributed by atoms with Crippen LogP contribution in [0.5, 0.6) is 0 Å². The van der Waals surface area contributed by atoms with Crippen LogP contribution in [0, 0.1) is 5.82 Å². The zero-order valence-electron chi connectivity index (χ0n) is 10.1. The lowest BCUT2D eigenvalue weighted by Gasteiger charge is -2.04. The molecule has 0 atom stereocenters. The second-order valence-electron chi connectivity index (χ2n) is 3.91. The number of thiophene rings is 1. The molecule has 0 aliphatic carbocycles. The number of nitrogens with one attached hydrogen (secondary N) is 1. The molecule has 96 valence electrons. The highest BCUT2D eigenvalue weighted by atomic mass is 32.2. The fourth-order valence-corrected chi connectivity index (χ4v) is 3.14. The van der Waals surface area contributed by atoms with Crippen molar-refractivity contribution in [3.05, 3.63) is 52.5 Å². The smallest absolute Gasteiger partial charge is 0.136 e. The zero-order chi connectivity index (χ0) is 12.6. The van der Waals surface area contributed by atoms with Gasteiger partial charge in [-0.25, -0.2) is 4.39 Å². The molecule has 0 amide bonds. The van der Waals surface area contributed by atoms with Crippen molar-refractivity contribution < 1.29 is 4.39 Å². The van der Waals surface area contributed by atoms with E-state index in [0.717, 1.165) is 30.2 Å². The molecule has 1 heterocycles. The van der Waals surface area contributed by atoms with Crippen molar-refractivity contribution in [3.8, 4) is 0 Å². The monoisotopic (exact) mass is 281 g/mol. The fraction of sp³-hybridized carbons (Fsp3) is 0.286. The number of rotatable bonds is 7. The normalized spacial score (nSPS) is 10.7. The Labute approximate surface area is 115 Å². The minimum absolute atomic E-state index is 0.124. The quantitative estimate of drug-likeness (QED) is 0.612. The van der Waals surface area contributed by atoms with E-state index in [2.05, 4.69) is 22.1 Å². The van der Waals surface area contributed by atoms with E-state index in [-0.39, 0.29) is 5.82 Å². The van der Waals surface area contributed by atoms with E-state index in [1.54, 1.807) is 29.2 Å². The third-order valence-electron chi connectivity index (χ3n) is 2.54. The van der Waals surface area contributed by atoms with Gasteiger partial charge in [0.15, 0.2) is 0 Å². The first kappa shape index (κ1) is 13.6. The van der Waals surface area contributed by atoms with Gasteiger partial charge in [0.25, 0.3) is 0 Å². The summed E-state index contributed by atoms with van der Waals surface area (Å²) in [5.41, 5.74) is 1.38. The van der Waals surface area contributed by atoms with Gasteiger partial charge >= 0.3 is 0 Å². The van der Waals surface area contributed by atoms with E-state index in [1.807, 2.05) is 12.1 Å². The second kappa shape index (κ2) is 7.56. The maximum atomic E-state index is 13.3. The first-order chi connectivity index (χ1) is 8.86. The van der Waals surface area contributed by atoms with Crippen LogP contribution < -0.4 is 5.32 Å². The molecule has 18 heavy (non-hydrogen) atoms. The predicted octanol–water partition coefficient (Wildman–Crippen LogP) is 3.81. The van der Waals surface area contributed by atoms with Crippen molar-refractivity contribution in [2.24, 2.45) is 0 Å². The van der Waals surface area contributed by atoms with Gasteiger partial charge in [-0.1, -0.05) is 12.1 Å². The van der Waals surface area contributed by atoms with Gasteiger partial charge in [-0.15, -0.1) is 11.8 Å². The fourth-order valence-electron chi connectivity index (χ4n) is 1.59. The summed E-state index contributed by atoms with van der Waals surface area (Å²) >= 11 is 3.29. The summed E-state index contributed by atoms with van der Waals surface area (Å²) in [5, 5.41) is 7.65. The van der Waals surface area contributed by atoms with Gasteiger partial charge < -0.3 is 5.32 Å². The van der Waals surface area contributed by atoms with E-state index in [0.29, 0.717) is 0 Å². The molecule has 2 rings (SSSR count). The standard InChI is InChI=1S/C14H16FNS2/c15-13-3-1-2-4-14(13)18-10-8-16-7-5-12-6-9-17-11-12/h1-4,6,9,11,16H,5,7-8,10H2. The zero-order valence-corrected chi connectivity index (χ0v) is 11.7. The number of benzene rings is 1. The van der Waals surface area contributed by atoms with E-state index in [4.69, 9.17) is 0 Å². The molecule has 0 spiro atoms. The molecule has 0 bridgehead atoms. The van der Waals surface area contributed by atoms with Gasteiger partial charge in [0.05, 0.1) is 0 Å². The lowest BCUT2D eigenvalue weighted by molar-refractivity contribution is 0.602. The molecule has 0 aliphatic heterocycles. The molecule has 2 aromatic rings. The SMILES string of the molecule is Fc1ccccc1SCCNCCc1ccsc1. The van der Waals surface area contributed by atoms with Crippen LogP contribution in [0.1, 0.15) is 5.56 Å². The highest BCUT2D eigenvalue weighted by molar-refractivity contribution is 7.99. The van der Waals surface area contributed by atoms with Crippen LogP contribution in [0.2, 0.25) is 0 Å². The molecule has 1 aromatic heterocycles. The molecule has 0 unspecified atom stereocenters. The van der Waals surface area contributed by atoms with Crippen molar-refractivity contribution >= 4 is 23.1 Å². The molecular weight excluding hydrogens is 265 g/mol. The summed E-state index contributed by atoms with van der Waals surface area (Å²) in [6, 6.07) is 9.08. The summed E-state index contributed by atoms with van der Waals surface area (Å²) in [5.74, 6) is 0.769. The van der Waals surface area contributed by atoms with Crippen LogP contribution >= 0.6 is 23.1 Å². The summed E-state index contributed by atoms with van der Waals surface area (Å²) in [6.45, 7) is 1.89. The van der Waals surface area contributed by atoms with Gasteiger partial charge in [-0.05, 0) is 47.5 Å². The van der Waals surface area contributed by atoms with Crippen molar-refractivity contribution in [3.63, 3.8) is 0 Å². The van der Waals surface area contributed by atoms with Crippen LogP contribution in [-0.2, 0) is 6.42 Å². The van der Waals surface area contributed by atoms with Crippen molar-refractivity contribution in [1.29, 1.82) is 0 Å². The molecule has 4 heteroatoms. The van der Waals surface area contributed by atoms with Crippen LogP contribution in [0.3, 0.4) is 0 Å². The van der Waals surface area contributed by atoms with Crippen LogP contribution in [0.15, 0.2) is 46.0 Å². The van der Waals surface area contributed by atoms with Gasteiger partial charge in [-0.2, -0.15) is 11.3 Å². The third-order valence-corrected chi connectivity index (χ3v) is 4.33. The molecule has 0 saturated carbocycles. The number of thioether (sulfide) groups is 1. The topological polar surface area (TPSA) is 12.0 Å². The first-order valence-corrected chi connectivity index (χ1v) is 7.88. The Morgan fingerprint density at radius 3 is 2.83 bits per heavy atom. The first-order valence-electron chi connectivity index (χ1n) is 5.95. The van der Waals surface area contributed by atoms with Crippen LogP contribution in [0.4, 0.5) is 4.39 Å². The Hall–Kier alpha value is -0.840. The second-order valence-corrected chi connectivity index (χ2v) is 5.83. The van der Waals surface area contributed by atoms with Gasteiger partial charge in [-0.3, -0.25) is 0 Å². The molecule has 1 aromatic carbocycles. The number of hydrogen-bond donors (Lipinski definition) is 1. The average molecular weight is 281 g/mol. The lowest BCUT2D eigenvalue weighted by Crippen LogP contribution is -2.19. The van der Waals surface area contributed by atoms with Gasteiger partial charge in [0, 0.05) is 17.2 Å². The number of hydrogen-bond acceptors (Lipinski definition) is 3. The molecule has 1 nitrogen and oxygen atoms in total. The maximum absolute atomic E-state index is 13.3. The van der Waals surface area contributed by atoms with Crippen molar-refractivity contribution in [2.75, 3.05) is 18.8 Å². The molecule has 0 fully saturated rings. The van der Waals surface area contributed by atoms with Gasteiger partial charge in [0.2, 0.25) is 0 Å². The van der Waals surface area contributed by atoms with E-state index in [1.165, 1.54) is 11.6 Å². The summed E-state index contributed by atoms with van der Waals surface area (Å²) in [7, 11) is 0. The van der Waals surface area contributed by atoms with E-state index >= 15 is 0 Å². The lowest BCUT2D eigenvalue weighted by atomic mass is 10.2. The maximum Gasteiger partial charge on any atom is 0.136 e. The highest BCUT2D eigenvalue weighted by Gasteiger charge is 2.00. The van der Waals surface area contributed by atoms with Crippen molar-refractivity contribution in [2.45, 2.75) is 11.3 Å². The minimum atomic E-state index is -0.124. The Balaban J connectivity index is 1.58. The molecular formula is C14H16FNS2. The predicted molar refractivity (Wildman–Crippen MR) is 78.0 cm³/mol. The molecule has 0 radical (unpaired) electrons. The van der Waals surface area contributed by atoms with Crippen LogP contribution in [-0.4, -0.2) is 18.8 Å². The van der Waals surface area contributed by atoms with E-state index < -0.39 is 0 Å². The number of halogens is 1. The Morgan fingerprint density at radius 1 is 1.17 bits per heavy atom. The molecule has 0 aliphatic rings. The summed E-state index contributed by atoms with van der Waals surface area (Å²) in [4.78, 5) is 0.733. The molecule has 0 saturated heterocycles.